The van der Waals surface area contributed by atoms with Crippen molar-refractivity contribution in [2.45, 2.75) is 57.3 Å². The lowest BCUT2D eigenvalue weighted by molar-refractivity contribution is -0.0235. The molecule has 4 heteroatoms. The molecular weight excluding hydrogens is 330 g/mol. The van der Waals surface area contributed by atoms with Crippen LogP contribution in [0.15, 0.2) is 28.7 Å². The van der Waals surface area contributed by atoms with Crippen LogP contribution >= 0.6 is 15.9 Å². The van der Waals surface area contributed by atoms with Gasteiger partial charge in [0.05, 0.1) is 18.8 Å². The van der Waals surface area contributed by atoms with Gasteiger partial charge in [0.25, 0.3) is 0 Å². The van der Waals surface area contributed by atoms with Gasteiger partial charge in [-0.25, -0.2) is 0 Å². The van der Waals surface area contributed by atoms with E-state index in [0.29, 0.717) is 19.3 Å². The Labute approximate surface area is 136 Å². The van der Waals surface area contributed by atoms with Gasteiger partial charge in [0.2, 0.25) is 0 Å². The van der Waals surface area contributed by atoms with Crippen molar-refractivity contribution in [1.82, 2.24) is 5.32 Å². The maximum absolute atomic E-state index is 10.0. The van der Waals surface area contributed by atoms with E-state index in [9.17, 15) is 5.11 Å². The van der Waals surface area contributed by atoms with Crippen molar-refractivity contribution in [2.24, 2.45) is 0 Å². The molecular formula is C17H26BrNO2. The topological polar surface area (TPSA) is 41.5 Å². The third-order valence-electron chi connectivity index (χ3n) is 4.11. The van der Waals surface area contributed by atoms with Crippen LogP contribution in [0.2, 0.25) is 0 Å². The molecule has 1 fully saturated rings. The molecule has 1 aromatic rings. The van der Waals surface area contributed by atoms with E-state index in [0.717, 1.165) is 17.3 Å². The molecule has 0 bridgehead atoms. The predicted molar refractivity (Wildman–Crippen MR) is 89.4 cm³/mol. The van der Waals surface area contributed by atoms with Crippen LogP contribution in [0.4, 0.5) is 0 Å². The van der Waals surface area contributed by atoms with Crippen LogP contribution in [0, 0.1) is 0 Å². The molecule has 1 aliphatic rings. The molecule has 0 saturated heterocycles. The number of nitrogens with one attached hydrogen (secondary N) is 1. The Kier molecular flexibility index (Phi) is 7.17. The van der Waals surface area contributed by atoms with Gasteiger partial charge in [-0.3, -0.25) is 0 Å². The summed E-state index contributed by atoms with van der Waals surface area (Å²) in [6.45, 7) is 3.10. The molecule has 0 heterocycles. The fourth-order valence-corrected chi connectivity index (χ4v) is 2.98. The monoisotopic (exact) mass is 355 g/mol. The summed E-state index contributed by atoms with van der Waals surface area (Å²) in [4.78, 5) is 0. The van der Waals surface area contributed by atoms with Crippen molar-refractivity contribution < 1.29 is 9.84 Å². The first-order valence-corrected chi connectivity index (χ1v) is 8.73. The Morgan fingerprint density at radius 3 is 2.57 bits per heavy atom. The highest BCUT2D eigenvalue weighted by atomic mass is 79.9. The van der Waals surface area contributed by atoms with E-state index >= 15 is 0 Å². The van der Waals surface area contributed by atoms with Crippen molar-refractivity contribution in [2.75, 3.05) is 13.2 Å². The van der Waals surface area contributed by atoms with E-state index in [1.54, 1.807) is 0 Å². The first-order valence-electron chi connectivity index (χ1n) is 7.93. The zero-order valence-corrected chi connectivity index (χ0v) is 14.3. The highest BCUT2D eigenvalue weighted by Gasteiger charge is 2.16. The van der Waals surface area contributed by atoms with Gasteiger partial charge in [0.15, 0.2) is 0 Å². The zero-order chi connectivity index (χ0) is 15.1. The van der Waals surface area contributed by atoms with Crippen molar-refractivity contribution in [3.8, 4) is 0 Å². The largest absolute Gasteiger partial charge is 0.389 e. The summed E-state index contributed by atoms with van der Waals surface area (Å²) in [7, 11) is 0. The summed E-state index contributed by atoms with van der Waals surface area (Å²) in [6, 6.07) is 8.48. The highest BCUT2D eigenvalue weighted by molar-refractivity contribution is 9.10. The smallest absolute Gasteiger partial charge is 0.0898 e. The van der Waals surface area contributed by atoms with Gasteiger partial charge in [-0.2, -0.15) is 0 Å². The quantitative estimate of drug-likeness (QED) is 0.781. The van der Waals surface area contributed by atoms with Crippen molar-refractivity contribution in [1.29, 1.82) is 0 Å². The first-order chi connectivity index (χ1) is 10.1. The molecule has 2 N–H and O–H groups in total. The van der Waals surface area contributed by atoms with Crippen LogP contribution in [-0.2, 0) is 4.74 Å². The molecule has 0 amide bonds. The number of hydrogen-bond acceptors (Lipinski definition) is 3. The number of halogens is 1. The van der Waals surface area contributed by atoms with E-state index in [-0.39, 0.29) is 6.04 Å². The number of ether oxygens (including phenoxy) is 1. The number of benzene rings is 1. The second kappa shape index (κ2) is 8.89. The first kappa shape index (κ1) is 16.9. The molecule has 0 spiro atoms. The molecule has 2 rings (SSSR count). The van der Waals surface area contributed by atoms with Crippen LogP contribution < -0.4 is 5.32 Å². The Bertz CT molecular complexity index is 404. The van der Waals surface area contributed by atoms with E-state index in [1.165, 1.54) is 24.8 Å². The lowest BCUT2D eigenvalue weighted by Gasteiger charge is -2.24. The van der Waals surface area contributed by atoms with Crippen LogP contribution in [0.5, 0.6) is 0 Å². The van der Waals surface area contributed by atoms with Gasteiger partial charge in [0, 0.05) is 17.1 Å². The molecule has 118 valence electrons. The lowest BCUT2D eigenvalue weighted by atomic mass is 9.98. The highest BCUT2D eigenvalue weighted by Crippen LogP contribution is 2.20. The van der Waals surface area contributed by atoms with E-state index < -0.39 is 6.10 Å². The molecule has 0 aliphatic heterocycles. The van der Waals surface area contributed by atoms with Crippen LogP contribution in [0.25, 0.3) is 0 Å². The average Bonchev–Trinajstić information content (AvgIpc) is 2.52. The molecule has 1 aliphatic carbocycles. The number of aliphatic hydroxyl groups excluding tert-OH is 1. The molecule has 3 nitrogen and oxygen atoms in total. The summed E-state index contributed by atoms with van der Waals surface area (Å²) in [5, 5.41) is 13.4. The lowest BCUT2D eigenvalue weighted by Crippen LogP contribution is -2.33. The predicted octanol–water partition coefficient (Wildman–Crippen LogP) is 3.81. The third-order valence-corrected chi connectivity index (χ3v) is 4.63. The summed E-state index contributed by atoms with van der Waals surface area (Å²) in [6.07, 6.45) is 6.07. The van der Waals surface area contributed by atoms with Crippen LogP contribution in [-0.4, -0.2) is 30.5 Å². The maximum Gasteiger partial charge on any atom is 0.0898 e. The minimum atomic E-state index is -0.440. The standard InChI is InChI=1S/C17H26BrNO2/c1-13(14-7-9-15(18)10-8-14)19-11-16(20)12-21-17-5-3-2-4-6-17/h7-10,13,16-17,19-20H,2-6,11-12H2,1H3. The fraction of sp³-hybridized carbons (Fsp3) is 0.647. The summed E-state index contributed by atoms with van der Waals surface area (Å²) in [5.74, 6) is 0. The zero-order valence-electron chi connectivity index (χ0n) is 12.7. The normalized spacial score (nSPS) is 19.4. The summed E-state index contributed by atoms with van der Waals surface area (Å²) >= 11 is 3.44. The molecule has 21 heavy (non-hydrogen) atoms. The van der Waals surface area contributed by atoms with Crippen LogP contribution in [0.1, 0.15) is 50.6 Å². The average molecular weight is 356 g/mol. The second-order valence-electron chi connectivity index (χ2n) is 5.93. The van der Waals surface area contributed by atoms with Gasteiger partial charge in [0.1, 0.15) is 0 Å². The van der Waals surface area contributed by atoms with Crippen LogP contribution in [0.3, 0.4) is 0 Å². The Hall–Kier alpha value is -0.420. The molecule has 0 aromatic heterocycles. The minimum absolute atomic E-state index is 0.224. The fourth-order valence-electron chi connectivity index (χ4n) is 2.72. The van der Waals surface area contributed by atoms with E-state index in [2.05, 4.69) is 40.3 Å². The van der Waals surface area contributed by atoms with E-state index in [1.807, 2.05) is 12.1 Å². The Morgan fingerprint density at radius 2 is 1.90 bits per heavy atom. The molecule has 2 atom stereocenters. The minimum Gasteiger partial charge on any atom is -0.389 e. The molecule has 1 saturated carbocycles. The van der Waals surface area contributed by atoms with Crippen molar-refractivity contribution in [3.05, 3.63) is 34.3 Å². The molecule has 0 radical (unpaired) electrons. The Morgan fingerprint density at radius 1 is 1.24 bits per heavy atom. The van der Waals surface area contributed by atoms with Gasteiger partial charge in [-0.15, -0.1) is 0 Å². The molecule has 2 unspecified atom stereocenters. The maximum atomic E-state index is 10.0. The third kappa shape index (κ3) is 6.07. The number of hydrogen-bond donors (Lipinski definition) is 2. The van der Waals surface area contributed by atoms with Gasteiger partial charge in [-0.1, -0.05) is 47.3 Å². The van der Waals surface area contributed by atoms with E-state index in [4.69, 9.17) is 4.74 Å². The van der Waals surface area contributed by atoms with Crippen molar-refractivity contribution >= 4 is 15.9 Å². The number of rotatable bonds is 7. The van der Waals surface area contributed by atoms with Gasteiger partial charge in [-0.05, 0) is 37.5 Å². The molecule has 1 aromatic carbocycles. The summed E-state index contributed by atoms with van der Waals surface area (Å²) < 4.78 is 6.89. The Balaban J connectivity index is 1.65. The van der Waals surface area contributed by atoms with Gasteiger partial charge < -0.3 is 15.2 Å². The number of aliphatic hydroxyl groups is 1. The SMILES string of the molecule is CC(NCC(O)COC1CCCCC1)c1ccc(Br)cc1. The second-order valence-corrected chi connectivity index (χ2v) is 6.84. The summed E-state index contributed by atoms with van der Waals surface area (Å²) in [5.41, 5.74) is 1.22. The van der Waals surface area contributed by atoms with Gasteiger partial charge >= 0.3 is 0 Å². The van der Waals surface area contributed by atoms with Crippen molar-refractivity contribution in [3.63, 3.8) is 0 Å².